The fourth-order valence-electron chi connectivity index (χ4n) is 4.86. The van der Waals surface area contributed by atoms with Crippen LogP contribution in [-0.4, -0.2) is 31.1 Å². The molecule has 2 aromatic rings. The largest absolute Gasteiger partial charge is 0.417 e. The van der Waals surface area contributed by atoms with Crippen molar-refractivity contribution in [2.45, 2.75) is 50.4 Å². The van der Waals surface area contributed by atoms with Gasteiger partial charge in [-0.25, -0.2) is 9.18 Å². The molecular weight excluding hydrogens is 452 g/mol. The molecule has 0 unspecified atom stereocenters. The Morgan fingerprint density at radius 1 is 1.03 bits per heavy atom. The molecule has 2 aromatic carbocycles. The second kappa shape index (κ2) is 8.97. The van der Waals surface area contributed by atoms with E-state index in [-0.39, 0.29) is 23.0 Å². The minimum Gasteiger partial charge on any atom is -0.355 e. The second-order valence-corrected chi connectivity index (χ2v) is 8.38. The van der Waals surface area contributed by atoms with Gasteiger partial charge in [-0.1, -0.05) is 19.3 Å². The molecule has 1 heterocycles. The SMILES string of the molecule is CNC(=O)c1ccc(N2C(=O)N(c3ccc(C#N)c(C(F)(F)F)c3)[C@H]3CCCCC[C@@H]32)cc1F. The van der Waals surface area contributed by atoms with Crippen LogP contribution in [0.15, 0.2) is 36.4 Å². The third-order valence-electron chi connectivity index (χ3n) is 6.43. The quantitative estimate of drug-likeness (QED) is 0.620. The zero-order valence-corrected chi connectivity index (χ0v) is 18.3. The van der Waals surface area contributed by atoms with Crippen LogP contribution in [0, 0.1) is 17.1 Å². The Bertz CT molecular complexity index is 1170. The van der Waals surface area contributed by atoms with Gasteiger partial charge in [0, 0.05) is 18.4 Å². The molecular formula is C24H22F4N4O2. The highest BCUT2D eigenvalue weighted by Crippen LogP contribution is 2.41. The number of alkyl halides is 3. The first-order chi connectivity index (χ1) is 16.2. The predicted molar refractivity (Wildman–Crippen MR) is 117 cm³/mol. The molecule has 6 nitrogen and oxygen atoms in total. The number of halogens is 4. The van der Waals surface area contributed by atoms with Gasteiger partial charge in [0.2, 0.25) is 0 Å². The first-order valence-corrected chi connectivity index (χ1v) is 10.9. The molecule has 1 aliphatic heterocycles. The Labute approximate surface area is 193 Å². The molecule has 1 aliphatic carbocycles. The van der Waals surface area contributed by atoms with E-state index in [1.807, 2.05) is 0 Å². The van der Waals surface area contributed by atoms with Crippen LogP contribution >= 0.6 is 0 Å². The number of anilines is 2. The maximum atomic E-state index is 14.7. The maximum Gasteiger partial charge on any atom is 0.417 e. The van der Waals surface area contributed by atoms with E-state index < -0.39 is 41.1 Å². The van der Waals surface area contributed by atoms with Crippen molar-refractivity contribution < 1.29 is 27.2 Å². The summed E-state index contributed by atoms with van der Waals surface area (Å²) in [6, 6.07) is 7.30. The first-order valence-electron chi connectivity index (χ1n) is 10.9. The zero-order chi connectivity index (χ0) is 24.6. The van der Waals surface area contributed by atoms with Gasteiger partial charge in [0.25, 0.3) is 5.91 Å². The van der Waals surface area contributed by atoms with Crippen LogP contribution < -0.4 is 15.1 Å². The van der Waals surface area contributed by atoms with Gasteiger partial charge in [-0.05, 0) is 49.2 Å². The Morgan fingerprint density at radius 3 is 2.15 bits per heavy atom. The number of nitrogens with zero attached hydrogens (tertiary/aromatic N) is 3. The lowest BCUT2D eigenvalue weighted by molar-refractivity contribution is -0.137. The third kappa shape index (κ3) is 4.06. The molecule has 1 saturated heterocycles. The van der Waals surface area contributed by atoms with Crippen LogP contribution in [0.2, 0.25) is 0 Å². The molecule has 3 amide bonds. The summed E-state index contributed by atoms with van der Waals surface area (Å²) in [5.74, 6) is -1.41. The normalized spacial score (nSPS) is 20.5. The summed E-state index contributed by atoms with van der Waals surface area (Å²) in [5, 5.41) is 11.5. The number of hydrogen-bond acceptors (Lipinski definition) is 3. The van der Waals surface area contributed by atoms with Crippen molar-refractivity contribution in [3.05, 3.63) is 58.9 Å². The highest BCUT2D eigenvalue weighted by Gasteiger charge is 2.48. The molecule has 0 radical (unpaired) electrons. The van der Waals surface area contributed by atoms with Gasteiger partial charge in [-0.2, -0.15) is 18.4 Å². The number of urea groups is 1. The average Bonchev–Trinajstić information content (AvgIpc) is 2.92. The number of hydrogen-bond donors (Lipinski definition) is 1. The molecule has 2 aliphatic rings. The highest BCUT2D eigenvalue weighted by atomic mass is 19.4. The van der Waals surface area contributed by atoms with Gasteiger partial charge < -0.3 is 5.32 Å². The molecule has 0 aromatic heterocycles. The number of nitriles is 1. The Morgan fingerprint density at radius 2 is 1.62 bits per heavy atom. The second-order valence-electron chi connectivity index (χ2n) is 8.38. The Hall–Kier alpha value is -3.61. The zero-order valence-electron chi connectivity index (χ0n) is 18.3. The predicted octanol–water partition coefficient (Wildman–Crippen LogP) is 5.22. The summed E-state index contributed by atoms with van der Waals surface area (Å²) in [6.45, 7) is 0. The number of carbonyl (C=O) groups is 2. The van der Waals surface area contributed by atoms with Gasteiger partial charge >= 0.3 is 12.2 Å². The van der Waals surface area contributed by atoms with E-state index in [0.717, 1.165) is 37.5 Å². The van der Waals surface area contributed by atoms with Crippen LogP contribution in [0.1, 0.15) is 53.6 Å². The number of rotatable bonds is 3. The number of nitrogens with one attached hydrogen (secondary N) is 1. The Kier molecular flexibility index (Phi) is 6.21. The molecule has 1 saturated carbocycles. The van der Waals surface area contributed by atoms with Gasteiger partial charge in [0.1, 0.15) is 5.82 Å². The van der Waals surface area contributed by atoms with E-state index in [4.69, 9.17) is 5.26 Å². The number of carbonyl (C=O) groups excluding carboxylic acids is 2. The molecule has 10 heteroatoms. The molecule has 4 rings (SSSR count). The number of benzene rings is 2. The van der Waals surface area contributed by atoms with E-state index >= 15 is 0 Å². The molecule has 2 fully saturated rings. The lowest BCUT2D eigenvalue weighted by Crippen LogP contribution is -2.36. The number of amides is 3. The van der Waals surface area contributed by atoms with Crippen molar-refractivity contribution in [1.29, 1.82) is 5.26 Å². The fraction of sp³-hybridized carbons (Fsp3) is 0.375. The summed E-state index contributed by atoms with van der Waals surface area (Å²) in [7, 11) is 1.38. The van der Waals surface area contributed by atoms with E-state index in [2.05, 4.69) is 5.32 Å². The Balaban J connectivity index is 1.79. The van der Waals surface area contributed by atoms with Crippen molar-refractivity contribution in [2.24, 2.45) is 0 Å². The summed E-state index contributed by atoms with van der Waals surface area (Å²) < 4.78 is 55.4. The van der Waals surface area contributed by atoms with Crippen LogP contribution in [-0.2, 0) is 6.18 Å². The summed E-state index contributed by atoms with van der Waals surface area (Å²) in [5.41, 5.74) is -1.53. The lowest BCUT2D eigenvalue weighted by atomic mass is 10.0. The lowest BCUT2D eigenvalue weighted by Gasteiger charge is -2.26. The summed E-state index contributed by atoms with van der Waals surface area (Å²) >= 11 is 0. The molecule has 2 atom stereocenters. The van der Waals surface area contributed by atoms with E-state index in [9.17, 15) is 27.2 Å². The molecule has 1 N–H and O–H groups in total. The minimum atomic E-state index is -4.76. The highest BCUT2D eigenvalue weighted by molar-refractivity contribution is 6.08. The van der Waals surface area contributed by atoms with Crippen LogP contribution in [0.3, 0.4) is 0 Å². The van der Waals surface area contributed by atoms with Crippen molar-refractivity contribution >= 4 is 23.3 Å². The van der Waals surface area contributed by atoms with Crippen molar-refractivity contribution in [2.75, 3.05) is 16.8 Å². The minimum absolute atomic E-state index is 0.0400. The van der Waals surface area contributed by atoms with Crippen LogP contribution in [0.5, 0.6) is 0 Å². The monoisotopic (exact) mass is 474 g/mol. The van der Waals surface area contributed by atoms with E-state index in [0.29, 0.717) is 12.8 Å². The van der Waals surface area contributed by atoms with E-state index in [1.54, 1.807) is 6.07 Å². The van der Waals surface area contributed by atoms with E-state index in [1.165, 1.54) is 35.0 Å². The first kappa shape index (κ1) is 23.5. The van der Waals surface area contributed by atoms with Crippen LogP contribution in [0.4, 0.5) is 33.7 Å². The summed E-state index contributed by atoms with van der Waals surface area (Å²) in [6.07, 6.45) is -1.05. The third-order valence-corrected chi connectivity index (χ3v) is 6.43. The smallest absolute Gasteiger partial charge is 0.355 e. The van der Waals surface area contributed by atoms with Gasteiger partial charge in [-0.3, -0.25) is 14.6 Å². The molecule has 178 valence electrons. The van der Waals surface area contributed by atoms with Crippen molar-refractivity contribution in [1.82, 2.24) is 5.32 Å². The average molecular weight is 474 g/mol. The molecule has 0 spiro atoms. The van der Waals surface area contributed by atoms with Gasteiger partial charge in [0.05, 0.1) is 34.8 Å². The van der Waals surface area contributed by atoms with Gasteiger partial charge in [0.15, 0.2) is 0 Å². The fourth-order valence-corrected chi connectivity index (χ4v) is 4.86. The van der Waals surface area contributed by atoms with Gasteiger partial charge in [-0.15, -0.1) is 0 Å². The molecule has 0 bridgehead atoms. The van der Waals surface area contributed by atoms with Crippen LogP contribution in [0.25, 0.3) is 0 Å². The van der Waals surface area contributed by atoms with Crippen molar-refractivity contribution in [3.8, 4) is 6.07 Å². The topological polar surface area (TPSA) is 76.4 Å². The molecule has 34 heavy (non-hydrogen) atoms. The number of fused-ring (bicyclic) bond motifs is 1. The standard InChI is InChI=1S/C24H22F4N4O2/c1-30-22(33)17-10-9-16(12-19(17)25)32-21-6-4-2-3-5-20(21)31(23(32)34)15-8-7-14(13-29)18(11-15)24(26,27)28/h7-12,20-21H,2-6H2,1H3,(H,30,33)/t20-,21-/m0/s1. The maximum absolute atomic E-state index is 14.7. The van der Waals surface area contributed by atoms with Crippen molar-refractivity contribution in [3.63, 3.8) is 0 Å². The summed E-state index contributed by atoms with van der Waals surface area (Å²) in [4.78, 5) is 28.2.